The second-order valence-corrected chi connectivity index (χ2v) is 7.47. The minimum absolute atomic E-state index is 0.0700. The summed E-state index contributed by atoms with van der Waals surface area (Å²) in [7, 11) is 1.97. The van der Waals surface area contributed by atoms with Crippen LogP contribution in [0.15, 0.2) is 15.9 Å². The van der Waals surface area contributed by atoms with Gasteiger partial charge in [0.2, 0.25) is 5.91 Å². The Kier molecular flexibility index (Phi) is 5.37. The van der Waals surface area contributed by atoms with Crippen molar-refractivity contribution in [3.05, 3.63) is 20.8 Å². The molecule has 0 fully saturated rings. The number of thiophene rings is 1. The van der Waals surface area contributed by atoms with Crippen molar-refractivity contribution in [3.8, 4) is 0 Å². The molecule has 0 aliphatic heterocycles. The summed E-state index contributed by atoms with van der Waals surface area (Å²) in [5.41, 5.74) is -0.182. The van der Waals surface area contributed by atoms with E-state index in [1.54, 1.807) is 11.3 Å². The number of amides is 1. The summed E-state index contributed by atoms with van der Waals surface area (Å²) >= 11 is 5.14. The number of likely N-dealkylation sites (N-methyl/N-ethyl adjacent to an activating group) is 1. The lowest BCUT2D eigenvalue weighted by molar-refractivity contribution is -0.127. The normalized spacial score (nSPS) is 13.7. The van der Waals surface area contributed by atoms with Gasteiger partial charge in [-0.1, -0.05) is 0 Å². The van der Waals surface area contributed by atoms with Gasteiger partial charge in [-0.15, -0.1) is 11.3 Å². The van der Waals surface area contributed by atoms with Gasteiger partial charge in [0.1, 0.15) is 0 Å². The van der Waals surface area contributed by atoms with Crippen molar-refractivity contribution in [3.63, 3.8) is 0 Å². The molecule has 0 aliphatic carbocycles. The van der Waals surface area contributed by atoms with Gasteiger partial charge in [-0.05, 0) is 56.7 Å². The second-order valence-electron chi connectivity index (χ2n) is 5.56. The van der Waals surface area contributed by atoms with Crippen molar-refractivity contribution in [2.45, 2.75) is 45.8 Å². The first-order chi connectivity index (χ1) is 8.19. The van der Waals surface area contributed by atoms with Gasteiger partial charge in [0.15, 0.2) is 0 Å². The number of nitrogens with one attached hydrogen (secondary N) is 1. The van der Waals surface area contributed by atoms with Crippen LogP contribution in [0.5, 0.6) is 0 Å². The molecule has 1 aromatic heterocycles. The van der Waals surface area contributed by atoms with Crippen LogP contribution in [0.4, 0.5) is 0 Å². The van der Waals surface area contributed by atoms with E-state index in [0.717, 1.165) is 11.0 Å². The van der Waals surface area contributed by atoms with Crippen molar-refractivity contribution < 1.29 is 4.79 Å². The van der Waals surface area contributed by atoms with Gasteiger partial charge in [-0.3, -0.25) is 9.69 Å². The van der Waals surface area contributed by atoms with Crippen molar-refractivity contribution in [1.82, 2.24) is 10.2 Å². The Balaban J connectivity index is 2.55. The van der Waals surface area contributed by atoms with E-state index in [1.165, 1.54) is 4.88 Å². The van der Waals surface area contributed by atoms with Crippen LogP contribution in [-0.2, 0) is 11.3 Å². The minimum atomic E-state index is -0.182. The third-order valence-electron chi connectivity index (χ3n) is 2.57. The Morgan fingerprint density at radius 1 is 1.56 bits per heavy atom. The highest BCUT2D eigenvalue weighted by molar-refractivity contribution is 9.10. The van der Waals surface area contributed by atoms with Gasteiger partial charge in [-0.25, -0.2) is 0 Å². The number of carbonyl (C=O) groups excluding carboxylic acids is 1. The Labute approximate surface area is 122 Å². The van der Waals surface area contributed by atoms with Gasteiger partial charge < -0.3 is 5.32 Å². The maximum atomic E-state index is 12.0. The fourth-order valence-corrected chi connectivity index (χ4v) is 3.01. The molecule has 0 aliphatic rings. The van der Waals surface area contributed by atoms with E-state index in [0.29, 0.717) is 0 Å². The molecule has 0 saturated carbocycles. The van der Waals surface area contributed by atoms with E-state index in [-0.39, 0.29) is 17.5 Å². The third-order valence-corrected chi connectivity index (χ3v) is 4.25. The molecule has 0 bridgehead atoms. The topological polar surface area (TPSA) is 32.3 Å². The van der Waals surface area contributed by atoms with Gasteiger partial charge in [-0.2, -0.15) is 0 Å². The monoisotopic (exact) mass is 332 g/mol. The highest BCUT2D eigenvalue weighted by Crippen LogP contribution is 2.21. The summed E-state index contributed by atoms with van der Waals surface area (Å²) in [6.07, 6.45) is 0. The molecule has 1 heterocycles. The van der Waals surface area contributed by atoms with E-state index in [1.807, 2.05) is 34.7 Å². The summed E-state index contributed by atoms with van der Waals surface area (Å²) in [5.74, 6) is 0.0700. The maximum Gasteiger partial charge on any atom is 0.237 e. The zero-order valence-electron chi connectivity index (χ0n) is 11.6. The van der Waals surface area contributed by atoms with Gasteiger partial charge in [0.05, 0.1) is 6.04 Å². The molecule has 1 aromatic rings. The maximum absolute atomic E-state index is 12.0. The van der Waals surface area contributed by atoms with Crippen LogP contribution in [0.2, 0.25) is 0 Å². The van der Waals surface area contributed by atoms with E-state index >= 15 is 0 Å². The van der Waals surface area contributed by atoms with Gasteiger partial charge >= 0.3 is 0 Å². The lowest BCUT2D eigenvalue weighted by Crippen LogP contribution is -2.49. The first-order valence-electron chi connectivity index (χ1n) is 5.94. The second kappa shape index (κ2) is 6.17. The van der Waals surface area contributed by atoms with Crippen LogP contribution in [0.3, 0.4) is 0 Å². The molecule has 0 saturated heterocycles. The van der Waals surface area contributed by atoms with Crippen LogP contribution in [0, 0.1) is 0 Å². The van der Waals surface area contributed by atoms with E-state index in [4.69, 9.17) is 0 Å². The summed E-state index contributed by atoms with van der Waals surface area (Å²) in [6.45, 7) is 8.70. The fraction of sp³-hybridized carbons (Fsp3) is 0.615. The first kappa shape index (κ1) is 15.7. The number of rotatable bonds is 4. The van der Waals surface area contributed by atoms with E-state index in [2.05, 4.69) is 37.6 Å². The smallest absolute Gasteiger partial charge is 0.237 e. The Bertz CT molecular complexity index is 411. The molecule has 3 nitrogen and oxygen atoms in total. The molecule has 18 heavy (non-hydrogen) atoms. The van der Waals surface area contributed by atoms with Crippen molar-refractivity contribution in [2.75, 3.05) is 7.05 Å². The van der Waals surface area contributed by atoms with Gasteiger partial charge in [0, 0.05) is 26.8 Å². The lowest BCUT2D eigenvalue weighted by atomic mass is 10.1. The quantitative estimate of drug-likeness (QED) is 0.917. The molecule has 0 spiro atoms. The summed E-state index contributed by atoms with van der Waals surface area (Å²) < 4.78 is 1.10. The standard InChI is InChI=1S/C13H21BrN2OS/c1-9(12(17)15-13(2,3)4)16(5)7-11-6-10(14)8-18-11/h6,8-9H,7H2,1-5H3,(H,15,17). The molecule has 0 aromatic carbocycles. The zero-order chi connectivity index (χ0) is 13.9. The molecule has 1 amide bonds. The summed E-state index contributed by atoms with van der Waals surface area (Å²) in [5, 5.41) is 5.06. The highest BCUT2D eigenvalue weighted by atomic mass is 79.9. The SMILES string of the molecule is CC(C(=O)NC(C)(C)C)N(C)Cc1cc(Br)cs1. The predicted molar refractivity (Wildman–Crippen MR) is 80.8 cm³/mol. The number of hydrogen-bond acceptors (Lipinski definition) is 3. The van der Waals surface area contributed by atoms with Gasteiger partial charge in [0.25, 0.3) is 0 Å². The van der Waals surface area contributed by atoms with Crippen LogP contribution >= 0.6 is 27.3 Å². The molecule has 0 radical (unpaired) electrons. The van der Waals surface area contributed by atoms with Crippen molar-refractivity contribution in [2.24, 2.45) is 0 Å². The van der Waals surface area contributed by atoms with Crippen LogP contribution in [0.25, 0.3) is 0 Å². The number of hydrogen-bond donors (Lipinski definition) is 1. The molecule has 1 rings (SSSR count). The minimum Gasteiger partial charge on any atom is -0.350 e. The molecular formula is C13H21BrN2OS. The molecule has 5 heteroatoms. The Hall–Kier alpha value is -0.390. The number of halogens is 1. The Morgan fingerprint density at radius 3 is 2.61 bits per heavy atom. The summed E-state index contributed by atoms with van der Waals surface area (Å²) in [4.78, 5) is 15.3. The first-order valence-corrected chi connectivity index (χ1v) is 7.61. The van der Waals surface area contributed by atoms with Crippen molar-refractivity contribution >= 4 is 33.2 Å². The molecular weight excluding hydrogens is 312 g/mol. The molecule has 1 atom stereocenters. The van der Waals surface area contributed by atoms with Crippen molar-refractivity contribution in [1.29, 1.82) is 0 Å². The zero-order valence-corrected chi connectivity index (χ0v) is 14.0. The average molecular weight is 333 g/mol. The predicted octanol–water partition coefficient (Wildman–Crippen LogP) is 3.25. The van der Waals surface area contributed by atoms with Crippen LogP contribution in [0.1, 0.15) is 32.6 Å². The Morgan fingerprint density at radius 2 is 2.17 bits per heavy atom. The van der Waals surface area contributed by atoms with E-state index in [9.17, 15) is 4.79 Å². The molecule has 1 unspecified atom stereocenters. The van der Waals surface area contributed by atoms with E-state index < -0.39 is 0 Å². The average Bonchev–Trinajstić information content (AvgIpc) is 2.60. The van der Waals surface area contributed by atoms with Crippen LogP contribution < -0.4 is 5.32 Å². The lowest BCUT2D eigenvalue weighted by Gasteiger charge is -2.28. The largest absolute Gasteiger partial charge is 0.350 e. The molecule has 102 valence electrons. The summed E-state index contributed by atoms with van der Waals surface area (Å²) in [6, 6.07) is 1.96. The number of nitrogens with zero attached hydrogens (tertiary/aromatic N) is 1. The fourth-order valence-electron chi connectivity index (χ4n) is 1.49. The van der Waals surface area contributed by atoms with Crippen LogP contribution in [-0.4, -0.2) is 29.4 Å². The molecule has 1 N–H and O–H groups in total. The third kappa shape index (κ3) is 5.08. The highest BCUT2D eigenvalue weighted by Gasteiger charge is 2.22. The number of carbonyl (C=O) groups is 1.